The first-order valence-electron chi connectivity index (χ1n) is 7.03. The summed E-state index contributed by atoms with van der Waals surface area (Å²) in [5.74, 6) is -0.528. The van der Waals surface area contributed by atoms with E-state index in [4.69, 9.17) is 0 Å². The van der Waals surface area contributed by atoms with Crippen molar-refractivity contribution in [2.75, 3.05) is 6.54 Å². The fraction of sp³-hybridized carbons (Fsp3) is 0.294. The van der Waals surface area contributed by atoms with Gasteiger partial charge in [-0.25, -0.2) is 8.78 Å². The second-order valence-electron chi connectivity index (χ2n) is 4.97. The van der Waals surface area contributed by atoms with Gasteiger partial charge in [0.1, 0.15) is 11.6 Å². The average Bonchev–Trinajstić information content (AvgIpc) is 2.48. The van der Waals surface area contributed by atoms with Gasteiger partial charge in [-0.15, -0.1) is 0 Å². The van der Waals surface area contributed by atoms with Crippen molar-refractivity contribution in [3.63, 3.8) is 0 Å². The monoisotopic (exact) mass is 353 g/mol. The van der Waals surface area contributed by atoms with Crippen LogP contribution in [0.15, 0.2) is 46.9 Å². The summed E-state index contributed by atoms with van der Waals surface area (Å²) in [5, 5.41) is 3.30. The summed E-state index contributed by atoms with van der Waals surface area (Å²) in [6.45, 7) is 2.80. The van der Waals surface area contributed by atoms with Gasteiger partial charge in [-0.05, 0) is 49.2 Å². The van der Waals surface area contributed by atoms with Gasteiger partial charge in [-0.1, -0.05) is 41.1 Å². The van der Waals surface area contributed by atoms with Crippen molar-refractivity contribution in [3.05, 3.63) is 69.7 Å². The van der Waals surface area contributed by atoms with Gasteiger partial charge < -0.3 is 5.32 Å². The van der Waals surface area contributed by atoms with E-state index in [9.17, 15) is 8.78 Å². The van der Waals surface area contributed by atoms with E-state index in [-0.39, 0.29) is 17.7 Å². The van der Waals surface area contributed by atoms with Crippen LogP contribution in [0.25, 0.3) is 0 Å². The molecule has 0 saturated heterocycles. The molecule has 112 valence electrons. The highest BCUT2D eigenvalue weighted by Gasteiger charge is 2.17. The van der Waals surface area contributed by atoms with Crippen LogP contribution in [0.4, 0.5) is 8.78 Å². The van der Waals surface area contributed by atoms with E-state index in [0.717, 1.165) is 17.4 Å². The molecular formula is C17H18BrF2N. The van der Waals surface area contributed by atoms with Gasteiger partial charge in [0.15, 0.2) is 0 Å². The van der Waals surface area contributed by atoms with Gasteiger partial charge in [-0.2, -0.15) is 0 Å². The van der Waals surface area contributed by atoms with Crippen LogP contribution < -0.4 is 5.32 Å². The van der Waals surface area contributed by atoms with Crippen molar-refractivity contribution in [1.29, 1.82) is 0 Å². The van der Waals surface area contributed by atoms with Crippen LogP contribution in [0.2, 0.25) is 0 Å². The first-order valence-corrected chi connectivity index (χ1v) is 7.83. The SMILES string of the molecule is CCCNC(Cc1ccccc1F)c1cc(Br)ccc1F. The van der Waals surface area contributed by atoms with Crippen LogP contribution in [-0.2, 0) is 6.42 Å². The number of hydrogen-bond acceptors (Lipinski definition) is 1. The number of hydrogen-bond donors (Lipinski definition) is 1. The molecule has 1 atom stereocenters. The molecule has 0 heterocycles. The van der Waals surface area contributed by atoms with E-state index in [0.29, 0.717) is 17.5 Å². The molecule has 0 aliphatic rings. The minimum atomic E-state index is -0.275. The molecule has 0 aliphatic heterocycles. The van der Waals surface area contributed by atoms with Crippen LogP contribution in [0.3, 0.4) is 0 Å². The minimum Gasteiger partial charge on any atom is -0.310 e. The number of benzene rings is 2. The lowest BCUT2D eigenvalue weighted by atomic mass is 9.98. The van der Waals surface area contributed by atoms with E-state index in [1.807, 2.05) is 6.92 Å². The van der Waals surface area contributed by atoms with Gasteiger partial charge in [0.25, 0.3) is 0 Å². The predicted molar refractivity (Wildman–Crippen MR) is 85.2 cm³/mol. The fourth-order valence-electron chi connectivity index (χ4n) is 2.28. The van der Waals surface area contributed by atoms with Gasteiger partial charge in [0.05, 0.1) is 0 Å². The van der Waals surface area contributed by atoms with Crippen LogP contribution >= 0.6 is 15.9 Å². The summed E-state index contributed by atoms with van der Waals surface area (Å²) in [7, 11) is 0. The molecular weight excluding hydrogens is 336 g/mol. The largest absolute Gasteiger partial charge is 0.310 e. The summed E-state index contributed by atoms with van der Waals surface area (Å²) < 4.78 is 28.7. The summed E-state index contributed by atoms with van der Waals surface area (Å²) in [5.41, 5.74) is 1.14. The Labute approximate surface area is 132 Å². The summed E-state index contributed by atoms with van der Waals surface area (Å²) in [6, 6.07) is 11.2. The Morgan fingerprint density at radius 3 is 2.57 bits per heavy atom. The molecule has 0 bridgehead atoms. The van der Waals surface area contributed by atoms with Crippen molar-refractivity contribution >= 4 is 15.9 Å². The third kappa shape index (κ3) is 4.35. The molecule has 2 aromatic rings. The number of nitrogens with one attached hydrogen (secondary N) is 1. The minimum absolute atomic E-state index is 0.251. The van der Waals surface area contributed by atoms with Gasteiger partial charge in [0.2, 0.25) is 0 Å². The van der Waals surface area contributed by atoms with Gasteiger partial charge >= 0.3 is 0 Å². The van der Waals surface area contributed by atoms with Crippen LogP contribution in [0, 0.1) is 11.6 Å². The lowest BCUT2D eigenvalue weighted by molar-refractivity contribution is 0.486. The lowest BCUT2D eigenvalue weighted by Gasteiger charge is -2.20. The molecule has 0 saturated carbocycles. The van der Waals surface area contributed by atoms with Crippen molar-refractivity contribution < 1.29 is 8.78 Å². The maximum Gasteiger partial charge on any atom is 0.128 e. The zero-order valence-corrected chi connectivity index (χ0v) is 13.5. The second-order valence-corrected chi connectivity index (χ2v) is 5.88. The molecule has 4 heteroatoms. The van der Waals surface area contributed by atoms with E-state index in [1.54, 1.807) is 30.3 Å². The first kappa shape index (κ1) is 16.1. The lowest BCUT2D eigenvalue weighted by Crippen LogP contribution is -2.25. The van der Waals surface area contributed by atoms with Crippen molar-refractivity contribution in [1.82, 2.24) is 5.32 Å². The van der Waals surface area contributed by atoms with Crippen molar-refractivity contribution in [2.24, 2.45) is 0 Å². The topological polar surface area (TPSA) is 12.0 Å². The van der Waals surface area contributed by atoms with Crippen LogP contribution in [0.1, 0.15) is 30.5 Å². The second kappa shape index (κ2) is 7.66. The normalized spacial score (nSPS) is 12.4. The van der Waals surface area contributed by atoms with Crippen LogP contribution in [-0.4, -0.2) is 6.54 Å². The van der Waals surface area contributed by atoms with E-state index < -0.39 is 0 Å². The Hall–Kier alpha value is -1.26. The Kier molecular flexibility index (Phi) is 5.88. The zero-order chi connectivity index (χ0) is 15.2. The highest BCUT2D eigenvalue weighted by molar-refractivity contribution is 9.10. The molecule has 1 N–H and O–H groups in total. The Balaban J connectivity index is 2.30. The molecule has 0 fully saturated rings. The fourth-order valence-corrected chi connectivity index (χ4v) is 2.65. The molecule has 2 rings (SSSR count). The zero-order valence-electron chi connectivity index (χ0n) is 11.9. The molecule has 0 spiro atoms. The van der Waals surface area contributed by atoms with E-state index in [2.05, 4.69) is 21.2 Å². The van der Waals surface area contributed by atoms with Crippen molar-refractivity contribution in [3.8, 4) is 0 Å². The maximum atomic E-state index is 14.1. The summed E-state index contributed by atoms with van der Waals surface area (Å²) in [4.78, 5) is 0. The standard InChI is InChI=1S/C17H18BrF2N/c1-2-9-21-17(10-12-5-3-4-6-15(12)19)14-11-13(18)7-8-16(14)20/h3-8,11,17,21H,2,9-10H2,1H3. The third-order valence-corrected chi connectivity index (χ3v) is 3.85. The highest BCUT2D eigenvalue weighted by Crippen LogP contribution is 2.25. The average molecular weight is 354 g/mol. The van der Waals surface area contributed by atoms with E-state index in [1.165, 1.54) is 12.1 Å². The smallest absolute Gasteiger partial charge is 0.128 e. The molecule has 0 amide bonds. The van der Waals surface area contributed by atoms with Crippen LogP contribution in [0.5, 0.6) is 0 Å². The quantitative estimate of drug-likeness (QED) is 0.769. The third-order valence-electron chi connectivity index (χ3n) is 3.36. The van der Waals surface area contributed by atoms with E-state index >= 15 is 0 Å². The highest BCUT2D eigenvalue weighted by atomic mass is 79.9. The summed E-state index contributed by atoms with van der Waals surface area (Å²) >= 11 is 3.36. The number of halogens is 3. The summed E-state index contributed by atoms with van der Waals surface area (Å²) in [6.07, 6.45) is 1.35. The molecule has 0 aromatic heterocycles. The molecule has 0 aliphatic carbocycles. The Morgan fingerprint density at radius 2 is 1.86 bits per heavy atom. The molecule has 0 radical (unpaired) electrons. The number of rotatable bonds is 6. The Morgan fingerprint density at radius 1 is 1.10 bits per heavy atom. The first-order chi connectivity index (χ1) is 10.1. The molecule has 21 heavy (non-hydrogen) atoms. The van der Waals surface area contributed by atoms with Gasteiger partial charge in [-0.3, -0.25) is 0 Å². The Bertz CT molecular complexity index is 601. The predicted octanol–water partition coefficient (Wildman–Crippen LogP) is 5.01. The molecule has 1 nitrogen and oxygen atoms in total. The molecule has 1 unspecified atom stereocenters. The van der Waals surface area contributed by atoms with Gasteiger partial charge in [0, 0.05) is 16.1 Å². The van der Waals surface area contributed by atoms with Crippen molar-refractivity contribution in [2.45, 2.75) is 25.8 Å². The molecule has 2 aromatic carbocycles. The maximum absolute atomic E-state index is 14.1.